The van der Waals surface area contributed by atoms with Gasteiger partial charge in [-0.2, -0.15) is 0 Å². The molecule has 1 aromatic heterocycles. The maximum absolute atomic E-state index is 12.7. The number of anilines is 1. The number of amides is 1. The highest BCUT2D eigenvalue weighted by molar-refractivity contribution is 5.87. The second-order valence-electron chi connectivity index (χ2n) is 7.57. The van der Waals surface area contributed by atoms with Gasteiger partial charge in [-0.15, -0.1) is 0 Å². The lowest BCUT2D eigenvalue weighted by Gasteiger charge is -2.50. The number of carbonyl (C=O) groups is 1. The lowest BCUT2D eigenvalue weighted by molar-refractivity contribution is -0.0741. The van der Waals surface area contributed by atoms with Crippen molar-refractivity contribution in [2.75, 3.05) is 32.6 Å². The number of benzene rings is 1. The largest absolute Gasteiger partial charge is 0.497 e. The zero-order valence-corrected chi connectivity index (χ0v) is 16.8. The summed E-state index contributed by atoms with van der Waals surface area (Å²) < 4.78 is 16.5. The smallest absolute Gasteiger partial charge is 0.412 e. The topological polar surface area (TPSA) is 72.9 Å². The first kappa shape index (κ1) is 19.5. The standard InChI is InChI=1S/C22H27N3O4/c1-27-17-5-6-18(20(13-17)28-2)24-22(26)29-21-16-7-10-25(11-8-16)19(21)12-15-4-3-9-23-14-15/h3-6,9,13-14,16,19,21H,7-8,10-12H2,1-2H3,(H,24,26). The fourth-order valence-corrected chi connectivity index (χ4v) is 4.45. The Balaban J connectivity index is 1.47. The van der Waals surface area contributed by atoms with Crippen LogP contribution in [0.15, 0.2) is 42.7 Å². The molecule has 2 aromatic rings. The molecule has 3 fully saturated rings. The molecule has 3 aliphatic heterocycles. The van der Waals surface area contributed by atoms with Crippen molar-refractivity contribution in [3.8, 4) is 11.5 Å². The minimum atomic E-state index is -0.455. The van der Waals surface area contributed by atoms with Gasteiger partial charge in [0.15, 0.2) is 0 Å². The summed E-state index contributed by atoms with van der Waals surface area (Å²) in [5, 5.41) is 2.83. The summed E-state index contributed by atoms with van der Waals surface area (Å²) in [7, 11) is 3.15. The van der Waals surface area contributed by atoms with E-state index in [4.69, 9.17) is 14.2 Å². The van der Waals surface area contributed by atoms with Crippen molar-refractivity contribution in [1.29, 1.82) is 0 Å². The van der Waals surface area contributed by atoms with Gasteiger partial charge in [0.2, 0.25) is 0 Å². The van der Waals surface area contributed by atoms with Crippen molar-refractivity contribution in [2.45, 2.75) is 31.4 Å². The van der Waals surface area contributed by atoms with Gasteiger partial charge in [-0.3, -0.25) is 15.2 Å². The molecule has 3 saturated heterocycles. The van der Waals surface area contributed by atoms with E-state index >= 15 is 0 Å². The fourth-order valence-electron chi connectivity index (χ4n) is 4.45. The number of rotatable bonds is 6. The van der Waals surface area contributed by atoms with Gasteiger partial charge in [-0.25, -0.2) is 4.79 Å². The van der Waals surface area contributed by atoms with Crippen LogP contribution in [0.25, 0.3) is 0 Å². The summed E-state index contributed by atoms with van der Waals surface area (Å²) in [5.41, 5.74) is 1.72. The molecule has 2 unspecified atom stereocenters. The molecule has 7 heteroatoms. The van der Waals surface area contributed by atoms with Crippen LogP contribution in [0.1, 0.15) is 18.4 Å². The zero-order valence-electron chi connectivity index (χ0n) is 16.8. The molecule has 29 heavy (non-hydrogen) atoms. The number of pyridine rings is 1. The number of carbonyl (C=O) groups excluding carboxylic acids is 1. The SMILES string of the molecule is COc1ccc(NC(=O)OC2C3CCN(CC3)C2Cc2cccnc2)c(OC)c1. The molecule has 2 atom stereocenters. The molecular weight excluding hydrogens is 370 g/mol. The van der Waals surface area contributed by atoms with Gasteiger partial charge in [-0.05, 0) is 56.1 Å². The summed E-state index contributed by atoms with van der Waals surface area (Å²) in [6.07, 6.45) is 6.03. The minimum Gasteiger partial charge on any atom is -0.497 e. The average molecular weight is 397 g/mol. The number of hydrogen-bond acceptors (Lipinski definition) is 6. The van der Waals surface area contributed by atoms with Crippen LogP contribution in [0.2, 0.25) is 0 Å². The molecule has 7 nitrogen and oxygen atoms in total. The Morgan fingerprint density at radius 3 is 2.72 bits per heavy atom. The van der Waals surface area contributed by atoms with Crippen LogP contribution < -0.4 is 14.8 Å². The van der Waals surface area contributed by atoms with Crippen molar-refractivity contribution in [3.63, 3.8) is 0 Å². The quantitative estimate of drug-likeness (QED) is 0.806. The summed E-state index contributed by atoms with van der Waals surface area (Å²) in [4.78, 5) is 19.4. The van der Waals surface area contributed by atoms with Crippen LogP contribution in [0.5, 0.6) is 11.5 Å². The first-order valence-corrected chi connectivity index (χ1v) is 10.0. The van der Waals surface area contributed by atoms with E-state index in [2.05, 4.69) is 21.3 Å². The van der Waals surface area contributed by atoms with E-state index in [0.717, 1.165) is 37.9 Å². The Labute approximate surface area is 171 Å². The molecule has 5 rings (SSSR count). The number of hydrogen-bond donors (Lipinski definition) is 1. The Hall–Kier alpha value is -2.80. The maximum Gasteiger partial charge on any atom is 0.412 e. The van der Waals surface area contributed by atoms with Gasteiger partial charge < -0.3 is 14.2 Å². The van der Waals surface area contributed by atoms with E-state index in [1.54, 1.807) is 38.6 Å². The van der Waals surface area contributed by atoms with Crippen LogP contribution in [0.4, 0.5) is 10.5 Å². The molecule has 0 aliphatic carbocycles. The first-order valence-electron chi connectivity index (χ1n) is 10.0. The number of methoxy groups -OCH3 is 2. The average Bonchev–Trinajstić information content (AvgIpc) is 2.77. The van der Waals surface area contributed by atoms with Gasteiger partial charge in [0.25, 0.3) is 0 Å². The van der Waals surface area contributed by atoms with Gasteiger partial charge in [0, 0.05) is 24.4 Å². The van der Waals surface area contributed by atoms with Crippen molar-refractivity contribution in [1.82, 2.24) is 9.88 Å². The normalized spacial score (nSPS) is 25.3. The maximum atomic E-state index is 12.7. The lowest BCUT2D eigenvalue weighted by Crippen LogP contribution is -2.60. The van der Waals surface area contributed by atoms with E-state index in [0.29, 0.717) is 23.1 Å². The number of fused-ring (bicyclic) bond motifs is 3. The summed E-state index contributed by atoms with van der Waals surface area (Å²) in [6, 6.07) is 9.46. The zero-order chi connectivity index (χ0) is 20.2. The molecule has 0 spiro atoms. The fraction of sp³-hybridized carbons (Fsp3) is 0.455. The molecule has 3 aliphatic rings. The number of aromatic nitrogens is 1. The van der Waals surface area contributed by atoms with Crippen LogP contribution in [0, 0.1) is 5.92 Å². The third-order valence-corrected chi connectivity index (χ3v) is 5.94. The minimum absolute atomic E-state index is 0.137. The molecule has 1 amide bonds. The third-order valence-electron chi connectivity index (χ3n) is 5.94. The van der Waals surface area contributed by atoms with Gasteiger partial charge in [-0.1, -0.05) is 6.07 Å². The lowest BCUT2D eigenvalue weighted by atomic mass is 9.78. The Morgan fingerprint density at radius 2 is 2.03 bits per heavy atom. The predicted molar refractivity (Wildman–Crippen MR) is 109 cm³/mol. The van der Waals surface area contributed by atoms with Crippen LogP contribution in [-0.2, 0) is 11.2 Å². The highest BCUT2D eigenvalue weighted by Gasteiger charge is 2.44. The van der Waals surface area contributed by atoms with E-state index in [9.17, 15) is 4.79 Å². The first-order chi connectivity index (χ1) is 14.2. The molecule has 2 bridgehead atoms. The Bertz CT molecular complexity index is 837. The van der Waals surface area contributed by atoms with E-state index in [1.807, 2.05) is 12.3 Å². The van der Waals surface area contributed by atoms with Crippen molar-refractivity contribution in [3.05, 3.63) is 48.3 Å². The highest BCUT2D eigenvalue weighted by atomic mass is 16.6. The second-order valence-corrected chi connectivity index (χ2v) is 7.57. The third kappa shape index (κ3) is 4.29. The molecule has 4 heterocycles. The van der Waals surface area contributed by atoms with Crippen molar-refractivity contribution >= 4 is 11.8 Å². The second kappa shape index (κ2) is 8.69. The van der Waals surface area contributed by atoms with Crippen molar-refractivity contribution in [2.24, 2.45) is 5.92 Å². The van der Waals surface area contributed by atoms with Crippen LogP contribution in [-0.4, -0.2) is 55.4 Å². The Kier molecular flexibility index (Phi) is 5.85. The van der Waals surface area contributed by atoms with Crippen molar-refractivity contribution < 1.29 is 19.0 Å². The number of ether oxygens (including phenoxy) is 3. The molecule has 154 valence electrons. The van der Waals surface area contributed by atoms with E-state index in [-0.39, 0.29) is 12.1 Å². The van der Waals surface area contributed by atoms with Crippen LogP contribution >= 0.6 is 0 Å². The molecule has 1 N–H and O–H groups in total. The molecular formula is C22H27N3O4. The van der Waals surface area contributed by atoms with E-state index < -0.39 is 6.09 Å². The number of nitrogens with one attached hydrogen (secondary N) is 1. The van der Waals surface area contributed by atoms with Gasteiger partial charge >= 0.3 is 6.09 Å². The summed E-state index contributed by atoms with van der Waals surface area (Å²) >= 11 is 0. The monoisotopic (exact) mass is 397 g/mol. The van der Waals surface area contributed by atoms with Crippen LogP contribution in [0.3, 0.4) is 0 Å². The number of nitrogens with zero attached hydrogens (tertiary/aromatic N) is 2. The predicted octanol–water partition coefficient (Wildman–Crippen LogP) is 3.35. The van der Waals surface area contributed by atoms with E-state index in [1.165, 1.54) is 0 Å². The Morgan fingerprint density at radius 1 is 1.21 bits per heavy atom. The summed E-state index contributed by atoms with van der Waals surface area (Å²) in [5.74, 6) is 1.59. The van der Waals surface area contributed by atoms with Gasteiger partial charge in [0.05, 0.1) is 25.9 Å². The highest BCUT2D eigenvalue weighted by Crippen LogP contribution is 2.36. The van der Waals surface area contributed by atoms with Gasteiger partial charge in [0.1, 0.15) is 17.6 Å². The molecule has 1 aromatic carbocycles. The molecule has 0 saturated carbocycles. The molecule has 0 radical (unpaired) electrons. The number of piperidine rings is 3. The summed E-state index contributed by atoms with van der Waals surface area (Å²) in [6.45, 7) is 2.12.